The Kier molecular flexibility index (Phi) is 7.56. The molecule has 8 heteroatoms. The Bertz CT molecular complexity index is 1100. The van der Waals surface area contributed by atoms with Gasteiger partial charge in [-0.05, 0) is 56.5 Å². The van der Waals surface area contributed by atoms with Crippen LogP contribution < -0.4 is 4.90 Å². The maximum atomic E-state index is 13.5. The number of rotatable bonds is 7. The smallest absolute Gasteiger partial charge is 0.246 e. The van der Waals surface area contributed by atoms with Crippen LogP contribution in [0.5, 0.6) is 0 Å². The lowest BCUT2D eigenvalue weighted by atomic mass is 9.95. The van der Waals surface area contributed by atoms with Crippen LogP contribution in [0, 0.1) is 12.8 Å². The van der Waals surface area contributed by atoms with Gasteiger partial charge in [0.05, 0.1) is 17.5 Å². The molecule has 6 nitrogen and oxygen atoms in total. The Labute approximate surface area is 204 Å². The zero-order valence-corrected chi connectivity index (χ0v) is 20.4. The number of aromatic nitrogens is 2. The second-order valence-corrected chi connectivity index (χ2v) is 9.36. The van der Waals surface area contributed by atoms with Crippen LogP contribution in [-0.4, -0.2) is 40.6 Å². The molecule has 1 atom stereocenters. The van der Waals surface area contributed by atoms with Gasteiger partial charge in [0.1, 0.15) is 0 Å². The summed E-state index contributed by atoms with van der Waals surface area (Å²) in [6.45, 7) is 6.75. The summed E-state index contributed by atoms with van der Waals surface area (Å²) in [5.74, 6) is 0.862. The molecule has 1 aromatic heterocycles. The lowest BCUT2D eigenvalue weighted by Crippen LogP contribution is -2.45. The van der Waals surface area contributed by atoms with Crippen LogP contribution in [0.4, 0.5) is 5.69 Å². The Hall–Kier alpha value is -2.57. The maximum absolute atomic E-state index is 13.5. The fourth-order valence-corrected chi connectivity index (χ4v) is 4.72. The Morgan fingerprint density at radius 2 is 2.00 bits per heavy atom. The van der Waals surface area contributed by atoms with Gasteiger partial charge in [-0.1, -0.05) is 53.0 Å². The molecule has 0 radical (unpaired) electrons. The molecule has 1 unspecified atom stereocenters. The Balaban J connectivity index is 1.46. The van der Waals surface area contributed by atoms with Crippen molar-refractivity contribution in [3.63, 3.8) is 0 Å². The molecule has 1 saturated heterocycles. The van der Waals surface area contributed by atoms with E-state index in [0.29, 0.717) is 33.9 Å². The van der Waals surface area contributed by atoms with E-state index in [0.717, 1.165) is 32.4 Å². The number of nitrogens with zero attached hydrogens (tertiary/aromatic N) is 4. The molecule has 2 heterocycles. The van der Waals surface area contributed by atoms with Crippen molar-refractivity contribution in [1.82, 2.24) is 15.0 Å². The highest BCUT2D eigenvalue weighted by atomic mass is 35.5. The quantitative estimate of drug-likeness (QED) is 0.409. The third-order valence-electron chi connectivity index (χ3n) is 5.94. The van der Waals surface area contributed by atoms with Crippen LogP contribution in [0.1, 0.15) is 37.6 Å². The van der Waals surface area contributed by atoms with Crippen LogP contribution in [-0.2, 0) is 11.3 Å². The lowest BCUT2D eigenvalue weighted by Gasteiger charge is -2.36. The molecule has 33 heavy (non-hydrogen) atoms. The van der Waals surface area contributed by atoms with Crippen LogP contribution in [0.3, 0.4) is 0 Å². The van der Waals surface area contributed by atoms with E-state index >= 15 is 0 Å². The van der Waals surface area contributed by atoms with Gasteiger partial charge in [0, 0.05) is 35.9 Å². The highest BCUT2D eigenvalue weighted by Crippen LogP contribution is 2.29. The summed E-state index contributed by atoms with van der Waals surface area (Å²) in [5.41, 5.74) is 3.04. The third kappa shape index (κ3) is 5.68. The van der Waals surface area contributed by atoms with E-state index in [-0.39, 0.29) is 18.4 Å². The monoisotopic (exact) mass is 486 g/mol. The number of carbonyl (C=O) groups is 1. The van der Waals surface area contributed by atoms with Crippen molar-refractivity contribution in [2.75, 3.05) is 24.5 Å². The van der Waals surface area contributed by atoms with Gasteiger partial charge < -0.3 is 14.3 Å². The van der Waals surface area contributed by atoms with Gasteiger partial charge in [0.2, 0.25) is 17.6 Å². The summed E-state index contributed by atoms with van der Waals surface area (Å²) >= 11 is 12.3. The molecule has 0 saturated carbocycles. The first kappa shape index (κ1) is 23.6. The molecular weight excluding hydrogens is 459 g/mol. The zero-order chi connectivity index (χ0) is 23.4. The molecule has 4 rings (SSSR count). The number of benzene rings is 2. The molecular formula is C25H28Cl2N4O2. The number of carbonyl (C=O) groups excluding carboxylic acids is 1. The highest BCUT2D eigenvalue weighted by molar-refractivity contribution is 6.36. The predicted octanol–water partition coefficient (Wildman–Crippen LogP) is 6.01. The van der Waals surface area contributed by atoms with E-state index in [1.54, 1.807) is 18.2 Å². The second-order valence-electron chi connectivity index (χ2n) is 8.52. The number of piperidine rings is 1. The van der Waals surface area contributed by atoms with Gasteiger partial charge in [0.25, 0.3) is 0 Å². The van der Waals surface area contributed by atoms with Crippen LogP contribution >= 0.6 is 23.2 Å². The molecule has 2 aromatic carbocycles. The lowest BCUT2D eigenvalue weighted by molar-refractivity contribution is -0.136. The van der Waals surface area contributed by atoms with Crippen molar-refractivity contribution in [3.8, 4) is 11.4 Å². The first-order chi connectivity index (χ1) is 15.9. The maximum Gasteiger partial charge on any atom is 0.246 e. The third-order valence-corrected chi connectivity index (χ3v) is 6.49. The van der Waals surface area contributed by atoms with E-state index in [2.05, 4.69) is 53.2 Å². The molecule has 0 N–H and O–H groups in total. The molecule has 0 spiro atoms. The van der Waals surface area contributed by atoms with Gasteiger partial charge in [-0.2, -0.15) is 4.98 Å². The fourth-order valence-electron chi connectivity index (χ4n) is 4.23. The van der Waals surface area contributed by atoms with E-state index in [4.69, 9.17) is 27.7 Å². The predicted molar refractivity (Wildman–Crippen MR) is 132 cm³/mol. The van der Waals surface area contributed by atoms with Crippen molar-refractivity contribution in [2.24, 2.45) is 5.92 Å². The summed E-state index contributed by atoms with van der Waals surface area (Å²) in [6, 6.07) is 13.6. The van der Waals surface area contributed by atoms with E-state index < -0.39 is 0 Å². The standard InChI is InChI=1S/C25H28Cl2N4O2/c1-3-12-31(16-23-28-24(29-33-23)21-11-8-19(26)14-22(21)27)25(32)18-5-4-13-30(15-18)20-9-6-17(2)7-10-20/h6-11,14,18H,3-5,12-13,15-16H2,1-2H3. The molecule has 1 amide bonds. The summed E-state index contributed by atoms with van der Waals surface area (Å²) in [7, 11) is 0. The number of hydrogen-bond acceptors (Lipinski definition) is 5. The number of halogens is 2. The minimum Gasteiger partial charge on any atom is -0.371 e. The largest absolute Gasteiger partial charge is 0.371 e. The normalized spacial score (nSPS) is 16.1. The van der Waals surface area contributed by atoms with Gasteiger partial charge in [-0.3, -0.25) is 4.79 Å². The van der Waals surface area contributed by atoms with Crippen LogP contribution in [0.25, 0.3) is 11.4 Å². The summed E-state index contributed by atoms with van der Waals surface area (Å²) in [5, 5.41) is 5.06. The fraction of sp³-hybridized carbons (Fsp3) is 0.400. The molecule has 1 aliphatic rings. The number of amides is 1. The van der Waals surface area contributed by atoms with Gasteiger partial charge in [0.15, 0.2) is 0 Å². The average Bonchev–Trinajstić information content (AvgIpc) is 3.27. The number of hydrogen-bond donors (Lipinski definition) is 0. The molecule has 3 aromatic rings. The molecule has 0 bridgehead atoms. The number of anilines is 1. The number of aryl methyl sites for hydroxylation is 1. The minimum atomic E-state index is -0.0558. The average molecular weight is 487 g/mol. The Morgan fingerprint density at radius 1 is 1.21 bits per heavy atom. The topological polar surface area (TPSA) is 62.5 Å². The highest BCUT2D eigenvalue weighted by Gasteiger charge is 2.30. The van der Waals surface area contributed by atoms with Crippen LogP contribution in [0.2, 0.25) is 10.0 Å². The summed E-state index contributed by atoms with van der Waals surface area (Å²) < 4.78 is 5.46. The van der Waals surface area contributed by atoms with Crippen molar-refractivity contribution in [2.45, 2.75) is 39.7 Å². The molecule has 1 aliphatic heterocycles. The van der Waals surface area contributed by atoms with Crippen molar-refractivity contribution >= 4 is 34.8 Å². The zero-order valence-electron chi connectivity index (χ0n) is 18.9. The van der Waals surface area contributed by atoms with Crippen molar-refractivity contribution < 1.29 is 9.32 Å². The summed E-state index contributed by atoms with van der Waals surface area (Å²) in [4.78, 5) is 22.1. The van der Waals surface area contributed by atoms with E-state index in [1.807, 2.05) is 4.90 Å². The van der Waals surface area contributed by atoms with Gasteiger partial charge >= 0.3 is 0 Å². The van der Waals surface area contributed by atoms with E-state index in [1.165, 1.54) is 11.3 Å². The first-order valence-corrected chi connectivity index (χ1v) is 12.1. The first-order valence-electron chi connectivity index (χ1n) is 11.3. The van der Waals surface area contributed by atoms with Crippen molar-refractivity contribution in [1.29, 1.82) is 0 Å². The summed E-state index contributed by atoms with van der Waals surface area (Å²) in [6.07, 6.45) is 2.73. The van der Waals surface area contributed by atoms with Gasteiger partial charge in [-0.15, -0.1) is 0 Å². The Morgan fingerprint density at radius 3 is 2.73 bits per heavy atom. The van der Waals surface area contributed by atoms with Gasteiger partial charge in [-0.25, -0.2) is 0 Å². The van der Waals surface area contributed by atoms with Crippen molar-refractivity contribution in [3.05, 3.63) is 64.0 Å². The van der Waals surface area contributed by atoms with E-state index in [9.17, 15) is 4.79 Å². The molecule has 174 valence electrons. The molecule has 0 aliphatic carbocycles. The molecule has 1 fully saturated rings. The SMILES string of the molecule is CCCN(Cc1nc(-c2ccc(Cl)cc2Cl)no1)C(=O)C1CCCN(c2ccc(C)cc2)C1. The second kappa shape index (κ2) is 10.6. The minimum absolute atomic E-state index is 0.0558. The van der Waals surface area contributed by atoms with Crippen LogP contribution in [0.15, 0.2) is 47.0 Å².